The molecule has 1 heterocycles. The first-order valence-electron chi connectivity index (χ1n) is 6.94. The van der Waals surface area contributed by atoms with Gasteiger partial charge in [-0.05, 0) is 26.2 Å². The van der Waals surface area contributed by atoms with Crippen molar-refractivity contribution < 1.29 is 9.59 Å². The van der Waals surface area contributed by atoms with E-state index < -0.39 is 5.54 Å². The molecule has 4 nitrogen and oxygen atoms in total. The van der Waals surface area contributed by atoms with Gasteiger partial charge in [-0.25, -0.2) is 0 Å². The van der Waals surface area contributed by atoms with Gasteiger partial charge in [0.2, 0.25) is 11.8 Å². The third-order valence-electron chi connectivity index (χ3n) is 3.47. The van der Waals surface area contributed by atoms with E-state index in [-0.39, 0.29) is 23.8 Å². The maximum absolute atomic E-state index is 12.4. The summed E-state index contributed by atoms with van der Waals surface area (Å²) >= 11 is 0. The molecule has 18 heavy (non-hydrogen) atoms. The van der Waals surface area contributed by atoms with Crippen LogP contribution in [0.4, 0.5) is 0 Å². The number of carbonyl (C=O) groups excluding carboxylic acids is 2. The fraction of sp³-hybridized carbons (Fsp3) is 0.857. The minimum Gasteiger partial charge on any atom is -0.340 e. The monoisotopic (exact) mass is 254 g/mol. The van der Waals surface area contributed by atoms with Crippen molar-refractivity contribution in [2.24, 2.45) is 5.92 Å². The van der Waals surface area contributed by atoms with Crippen LogP contribution >= 0.6 is 0 Å². The fourth-order valence-corrected chi connectivity index (χ4v) is 2.50. The minimum atomic E-state index is -0.769. The number of hydrogen-bond donors (Lipinski definition) is 1. The van der Waals surface area contributed by atoms with Crippen molar-refractivity contribution in [1.82, 2.24) is 10.2 Å². The predicted molar refractivity (Wildman–Crippen MR) is 72.1 cm³/mol. The second-order valence-electron chi connectivity index (χ2n) is 6.01. The van der Waals surface area contributed by atoms with Crippen molar-refractivity contribution in [3.8, 4) is 0 Å². The highest BCUT2D eigenvalue weighted by molar-refractivity contribution is 5.99. The number of nitrogens with one attached hydrogen (secondary N) is 1. The van der Waals surface area contributed by atoms with E-state index in [1.54, 1.807) is 18.7 Å². The normalized spacial score (nSPS) is 23.4. The molecule has 0 saturated carbocycles. The Hall–Kier alpha value is -1.06. The summed E-state index contributed by atoms with van der Waals surface area (Å²) in [4.78, 5) is 26.3. The first kappa shape index (κ1) is 15.0. The van der Waals surface area contributed by atoms with Gasteiger partial charge in [-0.2, -0.15) is 0 Å². The molecule has 1 N–H and O–H groups in total. The zero-order chi connectivity index (χ0) is 13.9. The van der Waals surface area contributed by atoms with E-state index in [0.29, 0.717) is 6.54 Å². The van der Waals surface area contributed by atoms with E-state index in [9.17, 15) is 9.59 Å². The highest BCUT2D eigenvalue weighted by Gasteiger charge is 2.45. The largest absolute Gasteiger partial charge is 0.340 e. The van der Waals surface area contributed by atoms with Crippen LogP contribution in [-0.4, -0.2) is 34.8 Å². The zero-order valence-electron chi connectivity index (χ0n) is 12.2. The summed E-state index contributed by atoms with van der Waals surface area (Å²) in [5.74, 6) is 0.162. The van der Waals surface area contributed by atoms with Gasteiger partial charge >= 0.3 is 0 Å². The average Bonchev–Trinajstić information content (AvgIpc) is 2.24. The Kier molecular flexibility index (Phi) is 4.77. The lowest BCUT2D eigenvalue weighted by atomic mass is 9.91. The summed E-state index contributed by atoms with van der Waals surface area (Å²) in [5, 5.41) is 2.83. The van der Waals surface area contributed by atoms with Gasteiger partial charge in [0.05, 0.1) is 0 Å². The fourth-order valence-electron chi connectivity index (χ4n) is 2.50. The van der Waals surface area contributed by atoms with Crippen LogP contribution in [0.15, 0.2) is 0 Å². The molecule has 1 aliphatic heterocycles. The molecule has 4 heteroatoms. The van der Waals surface area contributed by atoms with Crippen LogP contribution in [0, 0.1) is 5.92 Å². The van der Waals surface area contributed by atoms with Crippen molar-refractivity contribution in [3.05, 3.63) is 0 Å². The summed E-state index contributed by atoms with van der Waals surface area (Å²) < 4.78 is 0. The molecule has 1 aliphatic rings. The van der Waals surface area contributed by atoms with E-state index >= 15 is 0 Å². The smallest absolute Gasteiger partial charge is 0.248 e. The van der Waals surface area contributed by atoms with Crippen molar-refractivity contribution >= 4 is 11.8 Å². The van der Waals surface area contributed by atoms with Gasteiger partial charge in [-0.1, -0.05) is 33.6 Å². The van der Waals surface area contributed by atoms with Gasteiger partial charge in [0, 0.05) is 6.54 Å². The quantitative estimate of drug-likeness (QED) is 0.762. The van der Waals surface area contributed by atoms with E-state index in [1.165, 1.54) is 0 Å². The highest BCUT2D eigenvalue weighted by atomic mass is 16.2. The number of carbonyl (C=O) groups is 2. The molecule has 2 amide bonds. The van der Waals surface area contributed by atoms with Gasteiger partial charge in [-0.15, -0.1) is 0 Å². The van der Waals surface area contributed by atoms with Gasteiger partial charge in [0.15, 0.2) is 0 Å². The Morgan fingerprint density at radius 2 is 1.89 bits per heavy atom. The molecule has 0 aromatic heterocycles. The van der Waals surface area contributed by atoms with Crippen LogP contribution in [0.3, 0.4) is 0 Å². The lowest BCUT2D eigenvalue weighted by molar-refractivity contribution is -0.155. The third-order valence-corrected chi connectivity index (χ3v) is 3.47. The maximum Gasteiger partial charge on any atom is 0.248 e. The lowest BCUT2D eigenvalue weighted by Crippen LogP contribution is -2.69. The average molecular weight is 254 g/mol. The molecule has 0 radical (unpaired) electrons. The number of unbranched alkanes of at least 4 members (excludes halogenated alkanes) is 2. The van der Waals surface area contributed by atoms with Crippen LogP contribution in [0.1, 0.15) is 53.9 Å². The van der Waals surface area contributed by atoms with Crippen molar-refractivity contribution in [2.45, 2.75) is 65.5 Å². The van der Waals surface area contributed by atoms with Crippen LogP contribution in [-0.2, 0) is 9.59 Å². The van der Waals surface area contributed by atoms with Gasteiger partial charge in [-0.3, -0.25) is 9.59 Å². The first-order chi connectivity index (χ1) is 8.31. The number of rotatable bonds is 5. The van der Waals surface area contributed by atoms with E-state index in [4.69, 9.17) is 0 Å². The van der Waals surface area contributed by atoms with Gasteiger partial charge in [0.1, 0.15) is 11.6 Å². The minimum absolute atomic E-state index is 0.0221. The van der Waals surface area contributed by atoms with Crippen LogP contribution in [0.5, 0.6) is 0 Å². The van der Waals surface area contributed by atoms with Gasteiger partial charge in [0.25, 0.3) is 0 Å². The number of hydrogen-bond acceptors (Lipinski definition) is 2. The van der Waals surface area contributed by atoms with Crippen LogP contribution < -0.4 is 5.32 Å². The van der Waals surface area contributed by atoms with E-state index in [2.05, 4.69) is 12.2 Å². The predicted octanol–water partition coefficient (Wildman–Crippen LogP) is 1.94. The molecule has 1 fully saturated rings. The Balaban J connectivity index is 2.88. The molecule has 0 aromatic carbocycles. The number of amides is 2. The molecule has 104 valence electrons. The molecule has 1 atom stereocenters. The Morgan fingerprint density at radius 3 is 2.39 bits per heavy atom. The highest BCUT2D eigenvalue weighted by Crippen LogP contribution is 2.23. The summed E-state index contributed by atoms with van der Waals surface area (Å²) in [7, 11) is 0. The number of piperazine rings is 1. The van der Waals surface area contributed by atoms with E-state index in [0.717, 1.165) is 19.3 Å². The first-order valence-corrected chi connectivity index (χ1v) is 6.94. The summed E-state index contributed by atoms with van der Waals surface area (Å²) in [5.41, 5.74) is -0.769. The van der Waals surface area contributed by atoms with Crippen molar-refractivity contribution in [1.29, 1.82) is 0 Å². The summed E-state index contributed by atoms with van der Waals surface area (Å²) in [6, 6.07) is -0.317. The summed E-state index contributed by atoms with van der Waals surface area (Å²) in [6.07, 6.45) is 3.18. The topological polar surface area (TPSA) is 49.4 Å². The van der Waals surface area contributed by atoms with E-state index in [1.807, 2.05) is 13.8 Å². The molecule has 0 bridgehead atoms. The molecule has 1 saturated heterocycles. The molecular formula is C14H26N2O2. The van der Waals surface area contributed by atoms with Crippen molar-refractivity contribution in [3.63, 3.8) is 0 Å². The Bertz CT molecular complexity index is 324. The standard InChI is InChI=1S/C14H26N2O2/c1-6-7-8-9-16-11(10(2)3)12(17)15-14(4,5)13(16)18/h10-11H,6-9H2,1-5H3,(H,15,17). The molecule has 0 aromatic rings. The molecule has 0 spiro atoms. The number of nitrogens with zero attached hydrogens (tertiary/aromatic N) is 1. The second kappa shape index (κ2) is 5.72. The maximum atomic E-state index is 12.4. The lowest BCUT2D eigenvalue weighted by Gasteiger charge is -2.44. The van der Waals surface area contributed by atoms with Gasteiger partial charge < -0.3 is 10.2 Å². The Labute approximate surface area is 110 Å². The Morgan fingerprint density at radius 1 is 1.28 bits per heavy atom. The third kappa shape index (κ3) is 3.03. The second-order valence-corrected chi connectivity index (χ2v) is 6.01. The zero-order valence-corrected chi connectivity index (χ0v) is 12.2. The van der Waals surface area contributed by atoms with Crippen LogP contribution in [0.25, 0.3) is 0 Å². The molecular weight excluding hydrogens is 228 g/mol. The van der Waals surface area contributed by atoms with Crippen molar-refractivity contribution in [2.75, 3.05) is 6.54 Å². The summed E-state index contributed by atoms with van der Waals surface area (Å²) in [6.45, 7) is 10.3. The SMILES string of the molecule is CCCCCN1C(=O)C(C)(C)NC(=O)C1C(C)C. The molecule has 0 aliphatic carbocycles. The molecule has 1 rings (SSSR count). The molecule has 1 unspecified atom stereocenters. The van der Waals surface area contributed by atoms with Crippen LogP contribution in [0.2, 0.25) is 0 Å².